The molecular weight excluding hydrogens is 344 g/mol. The fourth-order valence-electron chi connectivity index (χ4n) is 2.65. The normalized spacial score (nSPS) is 16.2. The van der Waals surface area contributed by atoms with Gasteiger partial charge in [-0.1, -0.05) is 0 Å². The Bertz CT molecular complexity index is 731. The summed E-state index contributed by atoms with van der Waals surface area (Å²) in [5.74, 6) is 0.346. The number of hydrogen-bond acceptors (Lipinski definition) is 5. The van der Waals surface area contributed by atoms with E-state index in [-0.39, 0.29) is 10.8 Å². The van der Waals surface area contributed by atoms with Gasteiger partial charge >= 0.3 is 0 Å². The number of rotatable bonds is 7. The maximum atomic E-state index is 12.5. The molecule has 0 aromatic heterocycles. The molecular formula is C17H26N2O5S. The Morgan fingerprint density at radius 2 is 2.12 bits per heavy atom. The number of sulfonamides is 1. The molecule has 0 fully saturated rings. The number of amides is 1. The lowest BCUT2D eigenvalue weighted by Crippen LogP contribution is -2.48. The molecule has 0 bridgehead atoms. The van der Waals surface area contributed by atoms with E-state index in [0.717, 1.165) is 0 Å². The molecule has 1 heterocycles. The van der Waals surface area contributed by atoms with Gasteiger partial charge in [0.1, 0.15) is 11.4 Å². The fourth-order valence-corrected chi connectivity index (χ4v) is 3.74. The second kappa shape index (κ2) is 7.72. The van der Waals surface area contributed by atoms with Crippen molar-refractivity contribution in [3.8, 4) is 5.75 Å². The molecule has 0 saturated heterocycles. The SMILES string of the molecule is CCOCCCNS(=O)(=O)c1ccc2c(c1)N(C(C)=O)CC(C)(C)O2. The van der Waals surface area contributed by atoms with Gasteiger partial charge in [-0.25, -0.2) is 13.1 Å². The van der Waals surface area contributed by atoms with E-state index in [1.165, 1.54) is 19.1 Å². The molecule has 1 aliphatic heterocycles. The molecule has 1 N–H and O–H groups in total. The fraction of sp³-hybridized carbons (Fsp3) is 0.588. The van der Waals surface area contributed by atoms with Crippen molar-refractivity contribution in [3.05, 3.63) is 18.2 Å². The van der Waals surface area contributed by atoms with Crippen LogP contribution in [0.1, 0.15) is 34.1 Å². The van der Waals surface area contributed by atoms with Gasteiger partial charge in [0.2, 0.25) is 15.9 Å². The minimum atomic E-state index is -3.66. The standard InChI is InChI=1S/C17H26N2O5S/c1-5-23-10-6-9-18-25(21,22)14-7-8-16-15(11-14)19(13(2)20)12-17(3,4)24-16/h7-8,11,18H,5-6,9-10,12H2,1-4H3. The Hall–Kier alpha value is -1.64. The van der Waals surface area contributed by atoms with Gasteiger partial charge in [-0.2, -0.15) is 0 Å². The first-order chi connectivity index (χ1) is 11.7. The highest BCUT2D eigenvalue weighted by molar-refractivity contribution is 7.89. The predicted molar refractivity (Wildman–Crippen MR) is 95.5 cm³/mol. The summed E-state index contributed by atoms with van der Waals surface area (Å²) >= 11 is 0. The number of ether oxygens (including phenoxy) is 2. The van der Waals surface area contributed by atoms with Crippen LogP contribution in [0.15, 0.2) is 23.1 Å². The van der Waals surface area contributed by atoms with Crippen LogP contribution in [0.3, 0.4) is 0 Å². The third-order valence-corrected chi connectivity index (χ3v) is 5.26. The van der Waals surface area contributed by atoms with Crippen LogP contribution in [0, 0.1) is 0 Å². The van der Waals surface area contributed by atoms with Gasteiger partial charge in [-0.15, -0.1) is 0 Å². The van der Waals surface area contributed by atoms with E-state index in [1.54, 1.807) is 11.0 Å². The van der Waals surface area contributed by atoms with Crippen molar-refractivity contribution in [2.24, 2.45) is 0 Å². The van der Waals surface area contributed by atoms with E-state index >= 15 is 0 Å². The molecule has 0 radical (unpaired) electrons. The van der Waals surface area contributed by atoms with Gasteiger partial charge in [0.15, 0.2) is 0 Å². The van der Waals surface area contributed by atoms with Crippen molar-refractivity contribution in [1.29, 1.82) is 0 Å². The van der Waals surface area contributed by atoms with E-state index in [4.69, 9.17) is 9.47 Å². The molecule has 0 atom stereocenters. The third kappa shape index (κ3) is 4.93. The monoisotopic (exact) mass is 370 g/mol. The number of carbonyl (C=O) groups excluding carboxylic acids is 1. The van der Waals surface area contributed by atoms with Gasteiger partial charge in [0, 0.05) is 26.7 Å². The van der Waals surface area contributed by atoms with E-state index in [2.05, 4.69) is 4.72 Å². The van der Waals surface area contributed by atoms with E-state index in [9.17, 15) is 13.2 Å². The first-order valence-corrected chi connectivity index (χ1v) is 9.83. The zero-order chi connectivity index (χ0) is 18.7. The molecule has 8 heteroatoms. The maximum absolute atomic E-state index is 12.5. The summed E-state index contributed by atoms with van der Waals surface area (Å²) in [5.41, 5.74) is -0.0552. The predicted octanol–water partition coefficient (Wildman–Crippen LogP) is 1.92. The molecule has 2 rings (SSSR count). The largest absolute Gasteiger partial charge is 0.484 e. The average Bonchev–Trinajstić information content (AvgIpc) is 2.52. The number of benzene rings is 1. The minimum absolute atomic E-state index is 0.109. The zero-order valence-corrected chi connectivity index (χ0v) is 16.0. The molecule has 7 nitrogen and oxygen atoms in total. The van der Waals surface area contributed by atoms with Gasteiger partial charge < -0.3 is 14.4 Å². The number of anilines is 1. The molecule has 25 heavy (non-hydrogen) atoms. The highest BCUT2D eigenvalue weighted by atomic mass is 32.2. The second-order valence-corrected chi connectivity index (χ2v) is 8.31. The second-order valence-electron chi connectivity index (χ2n) is 6.54. The Kier molecular flexibility index (Phi) is 6.08. The maximum Gasteiger partial charge on any atom is 0.240 e. The summed E-state index contributed by atoms with van der Waals surface area (Å²) < 4.78 is 38.5. The lowest BCUT2D eigenvalue weighted by molar-refractivity contribution is -0.117. The van der Waals surface area contributed by atoms with E-state index < -0.39 is 15.6 Å². The van der Waals surface area contributed by atoms with Crippen LogP contribution in [0.5, 0.6) is 5.75 Å². The molecule has 1 aromatic rings. The molecule has 1 aliphatic rings. The Labute approximate surface area is 149 Å². The summed E-state index contributed by atoms with van der Waals surface area (Å²) in [6.45, 7) is 8.88. The van der Waals surface area contributed by atoms with E-state index in [0.29, 0.717) is 44.2 Å². The van der Waals surface area contributed by atoms with Crippen LogP contribution in [0.25, 0.3) is 0 Å². The van der Waals surface area contributed by atoms with Crippen LogP contribution in [0.4, 0.5) is 5.69 Å². The van der Waals surface area contributed by atoms with Crippen LogP contribution < -0.4 is 14.4 Å². The van der Waals surface area contributed by atoms with Crippen LogP contribution >= 0.6 is 0 Å². The highest BCUT2D eigenvalue weighted by Crippen LogP contribution is 2.38. The summed E-state index contributed by atoms with van der Waals surface area (Å²) in [4.78, 5) is 13.6. The molecule has 0 spiro atoms. The smallest absolute Gasteiger partial charge is 0.240 e. The van der Waals surface area contributed by atoms with Crippen molar-refractivity contribution >= 4 is 21.6 Å². The van der Waals surface area contributed by atoms with Crippen molar-refractivity contribution in [3.63, 3.8) is 0 Å². The third-order valence-electron chi connectivity index (χ3n) is 3.80. The summed E-state index contributed by atoms with van der Waals surface area (Å²) in [6, 6.07) is 4.57. The molecule has 0 saturated carbocycles. The van der Waals surface area contributed by atoms with Crippen molar-refractivity contribution in [2.75, 3.05) is 31.2 Å². The number of hydrogen-bond donors (Lipinski definition) is 1. The number of carbonyl (C=O) groups is 1. The zero-order valence-electron chi connectivity index (χ0n) is 15.2. The number of nitrogens with zero attached hydrogens (tertiary/aromatic N) is 1. The lowest BCUT2D eigenvalue weighted by atomic mass is 10.1. The summed E-state index contributed by atoms with van der Waals surface area (Å²) in [7, 11) is -3.66. The average molecular weight is 370 g/mol. The highest BCUT2D eigenvalue weighted by Gasteiger charge is 2.34. The summed E-state index contributed by atoms with van der Waals surface area (Å²) in [6.07, 6.45) is 0.592. The van der Waals surface area contributed by atoms with Crippen molar-refractivity contribution in [2.45, 2.75) is 44.6 Å². The lowest BCUT2D eigenvalue weighted by Gasteiger charge is -2.39. The van der Waals surface area contributed by atoms with Crippen molar-refractivity contribution in [1.82, 2.24) is 4.72 Å². The van der Waals surface area contributed by atoms with Gasteiger partial charge in [0.25, 0.3) is 0 Å². The van der Waals surface area contributed by atoms with Crippen LogP contribution in [0.2, 0.25) is 0 Å². The van der Waals surface area contributed by atoms with E-state index in [1.807, 2.05) is 20.8 Å². The molecule has 1 amide bonds. The first-order valence-electron chi connectivity index (χ1n) is 8.35. The molecule has 1 aromatic carbocycles. The Balaban J connectivity index is 2.21. The van der Waals surface area contributed by atoms with Crippen LogP contribution in [-0.2, 0) is 19.6 Å². The number of fused-ring (bicyclic) bond motifs is 1. The first kappa shape index (κ1) is 19.7. The Morgan fingerprint density at radius 3 is 2.76 bits per heavy atom. The molecule has 140 valence electrons. The van der Waals surface area contributed by atoms with Gasteiger partial charge in [-0.3, -0.25) is 4.79 Å². The molecule has 0 unspecified atom stereocenters. The number of nitrogens with one attached hydrogen (secondary N) is 1. The van der Waals surface area contributed by atoms with Gasteiger partial charge in [0.05, 0.1) is 17.1 Å². The quantitative estimate of drug-likeness (QED) is 0.741. The minimum Gasteiger partial charge on any atom is -0.484 e. The topological polar surface area (TPSA) is 84.9 Å². The Morgan fingerprint density at radius 1 is 1.40 bits per heavy atom. The summed E-state index contributed by atoms with van der Waals surface area (Å²) in [5, 5.41) is 0. The molecule has 0 aliphatic carbocycles. The van der Waals surface area contributed by atoms with Gasteiger partial charge in [-0.05, 0) is 45.4 Å². The van der Waals surface area contributed by atoms with Crippen molar-refractivity contribution < 1.29 is 22.7 Å². The van der Waals surface area contributed by atoms with Crippen LogP contribution in [-0.4, -0.2) is 46.2 Å².